The first-order chi connectivity index (χ1) is 13.6. The number of aromatic nitrogens is 4. The van der Waals surface area contributed by atoms with E-state index in [1.54, 1.807) is 11.7 Å². The number of fused-ring (bicyclic) bond motifs is 1. The fraction of sp³-hybridized carbons (Fsp3) is 0.150. The molecule has 0 spiro atoms. The summed E-state index contributed by atoms with van der Waals surface area (Å²) in [5.41, 5.74) is 8.89. The molecule has 0 radical (unpaired) electrons. The molecule has 0 fully saturated rings. The second-order valence-electron chi connectivity index (χ2n) is 6.23. The summed E-state index contributed by atoms with van der Waals surface area (Å²) in [4.78, 5) is 24.1. The van der Waals surface area contributed by atoms with Gasteiger partial charge in [0.15, 0.2) is 16.6 Å². The van der Waals surface area contributed by atoms with E-state index in [1.807, 2.05) is 54.6 Å². The van der Waals surface area contributed by atoms with Crippen molar-refractivity contribution in [1.82, 2.24) is 19.5 Å². The summed E-state index contributed by atoms with van der Waals surface area (Å²) in [6.07, 6.45) is 0. The number of aromatic amines is 1. The van der Waals surface area contributed by atoms with Crippen LogP contribution >= 0.6 is 11.8 Å². The summed E-state index contributed by atoms with van der Waals surface area (Å²) in [7, 11) is 1.64. The van der Waals surface area contributed by atoms with E-state index in [1.165, 1.54) is 11.8 Å². The minimum absolute atomic E-state index is 0.255. The first-order valence-electron chi connectivity index (χ1n) is 8.69. The third-order valence-electron chi connectivity index (χ3n) is 4.32. The molecule has 0 bridgehead atoms. The topological polar surface area (TPSA) is 98.8 Å². The molecule has 0 unspecified atom stereocenters. The highest BCUT2D eigenvalue weighted by molar-refractivity contribution is 7.98. The molecular formula is C20H19N5O2S. The number of hydrogen-bond donors (Lipinski definition) is 2. The second kappa shape index (κ2) is 7.77. The Hall–Kier alpha value is -3.26. The molecule has 0 aliphatic rings. The molecule has 2 aromatic heterocycles. The summed E-state index contributed by atoms with van der Waals surface area (Å²) in [6, 6.07) is 17.6. The van der Waals surface area contributed by atoms with Crippen molar-refractivity contribution in [2.75, 3.05) is 12.8 Å². The van der Waals surface area contributed by atoms with Gasteiger partial charge in [0.1, 0.15) is 11.3 Å². The van der Waals surface area contributed by atoms with Gasteiger partial charge in [0.2, 0.25) is 0 Å². The van der Waals surface area contributed by atoms with Crippen LogP contribution in [-0.2, 0) is 12.3 Å². The average molecular weight is 393 g/mol. The number of rotatable bonds is 6. The van der Waals surface area contributed by atoms with Crippen molar-refractivity contribution in [2.45, 2.75) is 17.5 Å². The minimum Gasteiger partial charge on any atom is -0.497 e. The van der Waals surface area contributed by atoms with Crippen LogP contribution < -0.4 is 16.2 Å². The minimum atomic E-state index is -0.255. The van der Waals surface area contributed by atoms with Gasteiger partial charge in [-0.05, 0) is 23.3 Å². The van der Waals surface area contributed by atoms with E-state index in [4.69, 9.17) is 10.5 Å². The van der Waals surface area contributed by atoms with Gasteiger partial charge in [-0.25, -0.2) is 14.8 Å². The Bertz CT molecular complexity index is 1170. The third kappa shape index (κ3) is 3.72. The molecule has 28 heavy (non-hydrogen) atoms. The number of methoxy groups -OCH3 is 1. The number of nitrogens with zero attached hydrogens (tertiary/aromatic N) is 3. The SMILES string of the molecule is COc1cccc(CSc2nc(N)c3[nH]c(=O)n(Cc4ccccc4)c3n2)c1. The van der Waals surface area contributed by atoms with Crippen LogP contribution in [0.3, 0.4) is 0 Å². The fourth-order valence-corrected chi connectivity index (χ4v) is 3.71. The Labute approximate surface area is 165 Å². The predicted octanol–water partition coefficient (Wildman–Crippen LogP) is 3.05. The molecule has 0 aliphatic carbocycles. The van der Waals surface area contributed by atoms with Crippen LogP contribution in [0.25, 0.3) is 11.2 Å². The number of anilines is 1. The van der Waals surface area contributed by atoms with Crippen molar-refractivity contribution >= 4 is 28.7 Å². The zero-order chi connectivity index (χ0) is 19.5. The summed E-state index contributed by atoms with van der Waals surface area (Å²) in [6.45, 7) is 0.413. The quantitative estimate of drug-likeness (QED) is 0.386. The Morgan fingerprint density at radius 3 is 2.68 bits per heavy atom. The zero-order valence-corrected chi connectivity index (χ0v) is 16.1. The number of ether oxygens (including phenoxy) is 1. The van der Waals surface area contributed by atoms with Gasteiger partial charge >= 0.3 is 5.69 Å². The van der Waals surface area contributed by atoms with E-state index in [2.05, 4.69) is 15.0 Å². The number of nitrogens with two attached hydrogens (primary N) is 1. The number of thioether (sulfide) groups is 1. The third-order valence-corrected chi connectivity index (χ3v) is 5.23. The van der Waals surface area contributed by atoms with Gasteiger partial charge in [-0.2, -0.15) is 0 Å². The Morgan fingerprint density at radius 1 is 1.11 bits per heavy atom. The highest BCUT2D eigenvalue weighted by atomic mass is 32.2. The molecule has 7 nitrogen and oxygen atoms in total. The van der Waals surface area contributed by atoms with E-state index in [9.17, 15) is 4.79 Å². The normalized spacial score (nSPS) is 11.0. The summed E-state index contributed by atoms with van der Waals surface area (Å²) >= 11 is 1.46. The van der Waals surface area contributed by atoms with Gasteiger partial charge in [0, 0.05) is 5.75 Å². The monoisotopic (exact) mass is 393 g/mol. The van der Waals surface area contributed by atoms with Crippen LogP contribution in [0.15, 0.2) is 64.5 Å². The summed E-state index contributed by atoms with van der Waals surface area (Å²) in [5.74, 6) is 1.73. The Balaban J connectivity index is 1.64. The van der Waals surface area contributed by atoms with Crippen molar-refractivity contribution < 1.29 is 4.74 Å². The maximum Gasteiger partial charge on any atom is 0.328 e. The molecular weight excluding hydrogens is 374 g/mol. The number of imidazole rings is 1. The lowest BCUT2D eigenvalue weighted by atomic mass is 10.2. The smallest absolute Gasteiger partial charge is 0.328 e. The van der Waals surface area contributed by atoms with Crippen LogP contribution in [0, 0.1) is 0 Å². The molecule has 142 valence electrons. The first-order valence-corrected chi connectivity index (χ1v) is 9.68. The van der Waals surface area contributed by atoms with Gasteiger partial charge in [0.05, 0.1) is 13.7 Å². The number of nitrogen functional groups attached to an aromatic ring is 1. The molecule has 2 heterocycles. The molecule has 2 aromatic carbocycles. The zero-order valence-electron chi connectivity index (χ0n) is 15.3. The molecule has 4 rings (SSSR count). The van der Waals surface area contributed by atoms with Crippen LogP contribution in [0.2, 0.25) is 0 Å². The van der Waals surface area contributed by atoms with Crippen molar-refractivity contribution in [1.29, 1.82) is 0 Å². The van der Waals surface area contributed by atoms with E-state index >= 15 is 0 Å². The number of H-pyrrole nitrogens is 1. The van der Waals surface area contributed by atoms with Crippen LogP contribution in [0.1, 0.15) is 11.1 Å². The van der Waals surface area contributed by atoms with Gasteiger partial charge in [0.25, 0.3) is 0 Å². The van der Waals surface area contributed by atoms with Crippen LogP contribution in [-0.4, -0.2) is 26.6 Å². The van der Waals surface area contributed by atoms with E-state index in [-0.39, 0.29) is 11.5 Å². The number of benzene rings is 2. The molecule has 0 aliphatic heterocycles. The molecule has 4 aromatic rings. The lowest BCUT2D eigenvalue weighted by Crippen LogP contribution is -2.17. The van der Waals surface area contributed by atoms with Gasteiger partial charge in [-0.1, -0.05) is 54.2 Å². The Kier molecular flexibility index (Phi) is 5.03. The highest BCUT2D eigenvalue weighted by Gasteiger charge is 2.14. The molecule has 3 N–H and O–H groups in total. The standard InChI is InChI=1S/C20H19N5O2S/c1-27-15-9-5-8-14(10-15)12-28-19-23-17(21)16-18(24-19)25(20(26)22-16)11-13-6-3-2-4-7-13/h2-10H,11-12H2,1H3,(H,22,26)(H2,21,23,24). The molecule has 0 atom stereocenters. The van der Waals surface area contributed by atoms with Gasteiger partial charge in [-0.3, -0.25) is 4.57 Å². The molecule has 0 saturated carbocycles. The lowest BCUT2D eigenvalue weighted by Gasteiger charge is -2.06. The van der Waals surface area contributed by atoms with Crippen molar-refractivity contribution in [3.63, 3.8) is 0 Å². The van der Waals surface area contributed by atoms with Crippen molar-refractivity contribution in [3.8, 4) is 5.75 Å². The molecule has 0 saturated heterocycles. The lowest BCUT2D eigenvalue weighted by molar-refractivity contribution is 0.414. The molecule has 0 amide bonds. The van der Waals surface area contributed by atoms with E-state index in [0.29, 0.717) is 28.6 Å². The molecule has 8 heteroatoms. The first kappa shape index (κ1) is 18.1. The second-order valence-corrected chi connectivity index (χ2v) is 7.17. The van der Waals surface area contributed by atoms with Gasteiger partial charge < -0.3 is 15.5 Å². The van der Waals surface area contributed by atoms with Crippen LogP contribution in [0.4, 0.5) is 5.82 Å². The maximum absolute atomic E-state index is 12.4. The Morgan fingerprint density at radius 2 is 1.89 bits per heavy atom. The number of nitrogens with one attached hydrogen (secondary N) is 1. The van der Waals surface area contributed by atoms with Crippen molar-refractivity contribution in [2.24, 2.45) is 0 Å². The fourth-order valence-electron chi connectivity index (χ4n) is 2.92. The van der Waals surface area contributed by atoms with Gasteiger partial charge in [-0.15, -0.1) is 0 Å². The largest absolute Gasteiger partial charge is 0.497 e. The van der Waals surface area contributed by atoms with E-state index < -0.39 is 0 Å². The van der Waals surface area contributed by atoms with Crippen LogP contribution in [0.5, 0.6) is 5.75 Å². The summed E-state index contributed by atoms with van der Waals surface area (Å²) in [5, 5.41) is 0.522. The average Bonchev–Trinajstić information content (AvgIpc) is 3.03. The maximum atomic E-state index is 12.4. The van der Waals surface area contributed by atoms with E-state index in [0.717, 1.165) is 16.9 Å². The predicted molar refractivity (Wildman–Crippen MR) is 111 cm³/mol. The highest BCUT2D eigenvalue weighted by Crippen LogP contribution is 2.25. The van der Waals surface area contributed by atoms with Crippen molar-refractivity contribution in [3.05, 3.63) is 76.2 Å². The summed E-state index contributed by atoms with van der Waals surface area (Å²) < 4.78 is 6.84. The number of hydrogen-bond acceptors (Lipinski definition) is 6.